The van der Waals surface area contributed by atoms with E-state index in [9.17, 15) is 29.7 Å². The summed E-state index contributed by atoms with van der Waals surface area (Å²) in [5.41, 5.74) is 0. The summed E-state index contributed by atoms with van der Waals surface area (Å²) in [5.74, 6) is -1.67. The maximum Gasteiger partial charge on any atom is 0.0542 e. The Hall–Kier alpha value is -0.00130. The third-order valence-corrected chi connectivity index (χ3v) is 9.35. The van der Waals surface area contributed by atoms with Gasteiger partial charge in [-0.2, -0.15) is 37.9 Å². The quantitative estimate of drug-likeness (QED) is 0.0741. The van der Waals surface area contributed by atoms with Crippen molar-refractivity contribution in [3.8, 4) is 0 Å². The summed E-state index contributed by atoms with van der Waals surface area (Å²) < 4.78 is 1.17. The largest absolute Gasteiger partial charge is 0.549 e. The summed E-state index contributed by atoms with van der Waals surface area (Å²) in [5, 5.41) is 29.5. The van der Waals surface area contributed by atoms with Crippen molar-refractivity contribution in [3.63, 3.8) is 0 Å². The van der Waals surface area contributed by atoms with E-state index in [0.717, 1.165) is 38.5 Å². The molecule has 0 aromatic rings. The van der Waals surface area contributed by atoms with E-state index in [1.165, 1.54) is 43.0 Å². The second-order valence-electron chi connectivity index (χ2n) is 11.0. The van der Waals surface area contributed by atoms with Crippen LogP contribution in [0.15, 0.2) is 12.7 Å². The molecule has 0 radical (unpaired) electrons. The van der Waals surface area contributed by atoms with Gasteiger partial charge in [-0.05, 0) is 37.0 Å². The van der Waals surface area contributed by atoms with Crippen molar-refractivity contribution in [2.24, 2.45) is 17.8 Å². The van der Waals surface area contributed by atoms with Crippen molar-refractivity contribution in [1.29, 1.82) is 0 Å². The molecule has 0 N–H and O–H groups in total. The number of hydrogen-bond donors (Lipinski definition) is 3. The molecular weight excluding hydrogens is 707 g/mol. The molecule has 6 unspecified atom stereocenters. The molecule has 0 aromatic heterocycles. The third kappa shape index (κ3) is 36.3. The van der Waals surface area contributed by atoms with E-state index in [4.69, 9.17) is 0 Å². The first kappa shape index (κ1) is 49.9. The summed E-state index contributed by atoms with van der Waals surface area (Å²) in [6.07, 6.45) is 17.3. The first-order valence-corrected chi connectivity index (χ1v) is 19.7. The molecule has 0 saturated carbocycles. The van der Waals surface area contributed by atoms with Gasteiger partial charge in [0.05, 0.1) is 17.9 Å². The van der Waals surface area contributed by atoms with E-state index in [1.807, 2.05) is 6.08 Å². The van der Waals surface area contributed by atoms with Crippen molar-refractivity contribution in [2.45, 2.75) is 158 Å². The van der Waals surface area contributed by atoms with Gasteiger partial charge in [-0.25, -0.2) is 0 Å². The van der Waals surface area contributed by atoms with Crippen LogP contribution in [0.3, 0.4) is 0 Å². The van der Waals surface area contributed by atoms with Crippen LogP contribution in [-0.2, 0) is 14.4 Å². The molecule has 0 aliphatic carbocycles. The van der Waals surface area contributed by atoms with Crippen LogP contribution in [0.5, 0.6) is 0 Å². The molecule has 43 heavy (non-hydrogen) atoms. The minimum Gasteiger partial charge on any atom is -0.549 e. The normalized spacial score (nSPS) is 14.5. The number of unbranched alkanes of at least 4 members (excludes halogenated alkanes) is 3. The summed E-state index contributed by atoms with van der Waals surface area (Å²) in [4.78, 5) is 31.3. The molecule has 0 aliphatic heterocycles. The number of carbonyl (C=O) groups is 3. The van der Waals surface area contributed by atoms with Crippen LogP contribution >= 0.6 is 37.9 Å². The van der Waals surface area contributed by atoms with E-state index in [1.54, 1.807) is 22.5 Å². The Balaban J connectivity index is -0.000000249. The molecule has 0 fully saturated rings. The fraction of sp³-hybridized carbons (Fsp3) is 0.848. The molecule has 6 nitrogen and oxygen atoms in total. The molecule has 0 aromatic carbocycles. The zero-order valence-electron chi connectivity index (χ0n) is 27.9. The van der Waals surface area contributed by atoms with E-state index >= 15 is 0 Å². The first-order valence-electron chi connectivity index (χ1n) is 16.2. The number of hydrogen-bond acceptors (Lipinski definition) is 9. The number of thiol groups is 3. The average Bonchev–Trinajstić information content (AvgIpc) is 2.99. The number of rotatable bonds is 22. The van der Waals surface area contributed by atoms with Gasteiger partial charge in [-0.15, -0.1) is 0 Å². The van der Waals surface area contributed by atoms with Gasteiger partial charge in [-0.1, -0.05) is 119 Å². The molecule has 0 bridgehead atoms. The number of carbonyl (C=O) groups excluding carboxylic acids is 3. The van der Waals surface area contributed by atoms with E-state index in [2.05, 4.69) is 86.0 Å². The smallest absolute Gasteiger partial charge is 0.0542 e. The maximum atomic E-state index is 10.4. The molecule has 0 amide bonds. The van der Waals surface area contributed by atoms with Crippen LogP contribution in [0.4, 0.5) is 0 Å². The minimum absolute atomic E-state index is 0.486. The van der Waals surface area contributed by atoms with Gasteiger partial charge in [0.15, 0.2) is 0 Å². The molecule has 0 aliphatic rings. The Bertz CT molecular complexity index is 588. The zero-order valence-corrected chi connectivity index (χ0v) is 33.4. The molecule has 0 rings (SSSR count). The fourth-order valence-electron chi connectivity index (χ4n) is 4.18. The predicted molar refractivity (Wildman–Crippen MR) is 188 cm³/mol. The molecule has 10 heteroatoms. The topological polar surface area (TPSA) is 120 Å². The summed E-state index contributed by atoms with van der Waals surface area (Å²) in [6, 6.07) is 0. The summed E-state index contributed by atoms with van der Waals surface area (Å²) in [6.45, 7) is 16.2. The van der Waals surface area contributed by atoms with Gasteiger partial charge in [0, 0.05) is 15.7 Å². The van der Waals surface area contributed by atoms with Gasteiger partial charge >= 0.3 is 39.6 Å². The first-order chi connectivity index (χ1) is 20.3. The Morgan fingerprint density at radius 3 is 0.930 bits per heavy atom. The molecule has 0 spiro atoms. The minimum atomic E-state index is -1.04. The van der Waals surface area contributed by atoms with Gasteiger partial charge in [0.1, 0.15) is 0 Å². The fourth-order valence-corrected chi connectivity index (χ4v) is 5.07. The van der Waals surface area contributed by atoms with Crippen molar-refractivity contribution in [2.75, 3.05) is 0 Å². The Morgan fingerprint density at radius 1 is 0.605 bits per heavy atom. The van der Waals surface area contributed by atoms with Gasteiger partial charge in [0.2, 0.25) is 0 Å². The standard InChI is InChI=1S/3C10H20O2S.C3H5.Sn/c3*1-3-5-6-8(4-2)7-9(13)10(11)12;1-3-2;/h3*8-9,13H,3-7H2,1-2H3,(H,11,12);3H,1-2H2;/q;;;;+3/p-3. The monoisotopic (exact) mass is 770 g/mol. The number of carboxylic acid groups (broad SMARTS) is 3. The maximum absolute atomic E-state index is 10.4. The number of allylic oxidation sites excluding steroid dienone is 1. The van der Waals surface area contributed by atoms with Gasteiger partial charge in [0.25, 0.3) is 0 Å². The number of carboxylic acids is 3. The van der Waals surface area contributed by atoms with Crippen LogP contribution in [0.25, 0.3) is 0 Å². The Labute approximate surface area is 294 Å². The Morgan fingerprint density at radius 2 is 0.814 bits per heavy atom. The molecule has 0 saturated heterocycles. The van der Waals surface area contributed by atoms with Gasteiger partial charge < -0.3 is 29.7 Å². The van der Waals surface area contributed by atoms with Crippen LogP contribution < -0.4 is 15.3 Å². The van der Waals surface area contributed by atoms with Crippen LogP contribution in [0, 0.1) is 17.8 Å². The predicted octanol–water partition coefficient (Wildman–Crippen LogP) is 5.68. The average molecular weight is 770 g/mol. The van der Waals surface area contributed by atoms with Crippen molar-refractivity contribution < 1.29 is 29.7 Å². The van der Waals surface area contributed by atoms with Crippen LogP contribution in [0.2, 0.25) is 4.44 Å². The zero-order chi connectivity index (χ0) is 34.2. The van der Waals surface area contributed by atoms with Crippen molar-refractivity contribution >= 4 is 78.3 Å². The van der Waals surface area contributed by atoms with Crippen molar-refractivity contribution in [3.05, 3.63) is 12.7 Å². The third-order valence-electron chi connectivity index (χ3n) is 7.26. The molecule has 0 heterocycles. The van der Waals surface area contributed by atoms with E-state index in [0.29, 0.717) is 37.0 Å². The SMILES string of the molecule is C=C[CH2][Sn+3].CCCCC(CC)CC(S)C(=O)[O-].CCCCC(CC)CC(S)C(=O)[O-].CCCCC(CC)CC(S)C(=O)[O-]. The second kappa shape index (κ2) is 36.5. The van der Waals surface area contributed by atoms with Crippen LogP contribution in [-0.4, -0.2) is 56.2 Å². The second-order valence-corrected chi connectivity index (χ2v) is 14.0. The molecular formula is C33H62O6S3Sn. The van der Waals surface area contributed by atoms with Crippen molar-refractivity contribution in [1.82, 2.24) is 0 Å². The van der Waals surface area contributed by atoms with E-state index in [-0.39, 0.29) is 0 Å². The van der Waals surface area contributed by atoms with Gasteiger partial charge in [-0.3, -0.25) is 0 Å². The summed E-state index contributed by atoms with van der Waals surface area (Å²) in [7, 11) is 0. The molecule has 6 atom stereocenters. The summed E-state index contributed by atoms with van der Waals surface area (Å²) >= 11 is 13.5. The number of aliphatic carboxylic acids is 3. The van der Waals surface area contributed by atoms with Crippen LogP contribution in [0.1, 0.15) is 138 Å². The Kier molecular flexibility index (Phi) is 42.3. The van der Waals surface area contributed by atoms with E-state index < -0.39 is 33.7 Å². The molecule has 252 valence electrons.